The van der Waals surface area contributed by atoms with Crippen molar-refractivity contribution in [1.82, 2.24) is 0 Å². The molecule has 32 heavy (non-hydrogen) atoms. The maximum Gasteiger partial charge on any atom is 0.387 e. The lowest BCUT2D eigenvalue weighted by atomic mass is 10.1. The van der Waals surface area contributed by atoms with Crippen molar-refractivity contribution in [3.05, 3.63) is 51.6 Å². The second-order valence-electron chi connectivity index (χ2n) is 6.12. The topological polar surface area (TPSA) is 151 Å². The van der Waals surface area contributed by atoms with Crippen LogP contribution >= 0.6 is 0 Å². The Kier molecular flexibility index (Phi) is 7.30. The van der Waals surface area contributed by atoms with Crippen LogP contribution in [0.15, 0.2) is 35.2 Å². The number of carbonyl (C=O) groups excluding carboxylic acids is 2. The quantitative estimate of drug-likeness (QED) is 0.346. The standard InChI is InChI=1S/C18H16F2N2O9S/c1-29-14-7-12(17(24)30-2)13(8-15(14)31-18(19)20)21-16(23)9-4-10(22(25)26)6-11(5-9)32(3,27)28/h4-8,18H,1-3H3,(H,21,23). The fourth-order valence-electron chi connectivity index (χ4n) is 2.52. The third-order valence-corrected chi connectivity index (χ3v) is 5.06. The van der Waals surface area contributed by atoms with Gasteiger partial charge in [0.05, 0.1) is 35.3 Å². The Morgan fingerprint density at radius 2 is 1.75 bits per heavy atom. The van der Waals surface area contributed by atoms with Crippen molar-refractivity contribution in [3.63, 3.8) is 0 Å². The van der Waals surface area contributed by atoms with Crippen LogP contribution in [0, 0.1) is 10.1 Å². The third-order valence-electron chi connectivity index (χ3n) is 3.97. The van der Waals surface area contributed by atoms with Gasteiger partial charge in [0, 0.05) is 36.1 Å². The van der Waals surface area contributed by atoms with Crippen LogP contribution in [-0.4, -0.2) is 52.3 Å². The Hall–Kier alpha value is -3.81. The zero-order valence-electron chi connectivity index (χ0n) is 16.7. The number of nitro groups is 1. The summed E-state index contributed by atoms with van der Waals surface area (Å²) in [5, 5.41) is 13.3. The molecule has 0 aliphatic rings. The molecule has 0 aliphatic carbocycles. The monoisotopic (exact) mass is 474 g/mol. The highest BCUT2D eigenvalue weighted by molar-refractivity contribution is 7.90. The molecular formula is C18H16F2N2O9S. The summed E-state index contributed by atoms with van der Waals surface area (Å²) in [5.74, 6) is -2.84. The summed E-state index contributed by atoms with van der Waals surface area (Å²) in [6.45, 7) is -3.26. The van der Waals surface area contributed by atoms with E-state index < -0.39 is 55.1 Å². The molecule has 0 aromatic heterocycles. The van der Waals surface area contributed by atoms with Crippen molar-refractivity contribution < 1.29 is 45.9 Å². The highest BCUT2D eigenvalue weighted by atomic mass is 32.2. The van der Waals surface area contributed by atoms with E-state index in [0.717, 1.165) is 50.8 Å². The summed E-state index contributed by atoms with van der Waals surface area (Å²) in [6, 6.07) is 4.31. The molecule has 0 spiro atoms. The number of non-ortho nitro benzene ring substituents is 1. The van der Waals surface area contributed by atoms with E-state index in [2.05, 4.69) is 14.8 Å². The van der Waals surface area contributed by atoms with Crippen LogP contribution in [0.4, 0.5) is 20.2 Å². The van der Waals surface area contributed by atoms with Crippen LogP contribution in [0.3, 0.4) is 0 Å². The van der Waals surface area contributed by atoms with E-state index in [1.807, 2.05) is 0 Å². The maximum atomic E-state index is 12.7. The summed E-state index contributed by atoms with van der Waals surface area (Å²) < 4.78 is 62.9. The van der Waals surface area contributed by atoms with Crippen molar-refractivity contribution >= 4 is 33.1 Å². The molecule has 0 saturated heterocycles. The Morgan fingerprint density at radius 1 is 1.09 bits per heavy atom. The van der Waals surface area contributed by atoms with Gasteiger partial charge in [-0.05, 0) is 6.07 Å². The minimum absolute atomic E-state index is 0.265. The third kappa shape index (κ3) is 5.66. The number of alkyl halides is 2. The number of amides is 1. The predicted molar refractivity (Wildman–Crippen MR) is 105 cm³/mol. The average molecular weight is 474 g/mol. The van der Waals surface area contributed by atoms with E-state index in [-0.39, 0.29) is 17.0 Å². The molecule has 11 nitrogen and oxygen atoms in total. The zero-order valence-corrected chi connectivity index (χ0v) is 17.6. The Bertz CT molecular complexity index is 1180. The first kappa shape index (κ1) is 24.5. The number of nitrogens with one attached hydrogen (secondary N) is 1. The van der Waals surface area contributed by atoms with Crippen LogP contribution in [0.25, 0.3) is 0 Å². The molecule has 2 aromatic rings. The molecule has 2 rings (SSSR count). The Balaban J connectivity index is 2.60. The number of sulfone groups is 1. The Labute approximate surface area is 180 Å². The highest BCUT2D eigenvalue weighted by Gasteiger charge is 2.23. The van der Waals surface area contributed by atoms with E-state index in [9.17, 15) is 36.9 Å². The lowest BCUT2D eigenvalue weighted by Crippen LogP contribution is -2.17. The lowest BCUT2D eigenvalue weighted by molar-refractivity contribution is -0.385. The van der Waals surface area contributed by atoms with Gasteiger partial charge in [0.15, 0.2) is 21.3 Å². The molecule has 0 saturated carbocycles. The molecule has 1 N–H and O–H groups in total. The minimum atomic E-state index is -3.92. The van der Waals surface area contributed by atoms with Crippen molar-refractivity contribution in [2.24, 2.45) is 0 Å². The maximum absolute atomic E-state index is 12.7. The number of hydrogen-bond donors (Lipinski definition) is 1. The molecule has 0 heterocycles. The molecule has 0 aliphatic heterocycles. The molecule has 0 fully saturated rings. The second-order valence-corrected chi connectivity index (χ2v) is 8.13. The van der Waals surface area contributed by atoms with Gasteiger partial charge in [-0.1, -0.05) is 0 Å². The number of nitro benzene ring substituents is 1. The number of hydrogen-bond acceptors (Lipinski definition) is 9. The van der Waals surface area contributed by atoms with Gasteiger partial charge in [0.25, 0.3) is 11.6 Å². The smallest absolute Gasteiger partial charge is 0.387 e. The zero-order chi connectivity index (χ0) is 24.2. The molecular weight excluding hydrogens is 458 g/mol. The van der Waals surface area contributed by atoms with Gasteiger partial charge in [-0.2, -0.15) is 8.78 Å². The molecule has 0 bridgehead atoms. The van der Waals surface area contributed by atoms with E-state index in [1.54, 1.807) is 0 Å². The number of benzene rings is 2. The van der Waals surface area contributed by atoms with Gasteiger partial charge >= 0.3 is 12.6 Å². The molecule has 0 radical (unpaired) electrons. The molecule has 0 unspecified atom stereocenters. The number of anilines is 1. The molecule has 0 atom stereocenters. The largest absolute Gasteiger partial charge is 0.493 e. The number of ether oxygens (including phenoxy) is 3. The average Bonchev–Trinajstić information content (AvgIpc) is 2.71. The minimum Gasteiger partial charge on any atom is -0.493 e. The van der Waals surface area contributed by atoms with Gasteiger partial charge in [-0.15, -0.1) is 0 Å². The normalized spacial score (nSPS) is 11.1. The van der Waals surface area contributed by atoms with Gasteiger partial charge in [-0.25, -0.2) is 13.2 Å². The van der Waals surface area contributed by atoms with Gasteiger partial charge in [0.1, 0.15) is 0 Å². The van der Waals surface area contributed by atoms with Crippen LogP contribution < -0.4 is 14.8 Å². The fraction of sp³-hybridized carbons (Fsp3) is 0.222. The van der Waals surface area contributed by atoms with Crippen LogP contribution in [0.5, 0.6) is 11.5 Å². The SMILES string of the molecule is COC(=O)c1cc(OC)c(OC(F)F)cc1NC(=O)c1cc([N+](=O)[O-])cc(S(C)(=O)=O)c1. The molecule has 172 valence electrons. The van der Waals surface area contributed by atoms with Crippen molar-refractivity contribution in [3.8, 4) is 11.5 Å². The first-order chi connectivity index (χ1) is 14.9. The second kappa shape index (κ2) is 9.55. The van der Waals surface area contributed by atoms with Crippen LogP contribution in [0.1, 0.15) is 20.7 Å². The van der Waals surface area contributed by atoms with E-state index in [4.69, 9.17) is 4.74 Å². The van der Waals surface area contributed by atoms with Crippen LogP contribution in [0.2, 0.25) is 0 Å². The summed E-state index contributed by atoms with van der Waals surface area (Å²) >= 11 is 0. The number of esters is 1. The molecule has 1 amide bonds. The number of methoxy groups -OCH3 is 2. The van der Waals surface area contributed by atoms with Crippen LogP contribution in [-0.2, 0) is 14.6 Å². The van der Waals surface area contributed by atoms with Gasteiger partial charge in [-0.3, -0.25) is 14.9 Å². The summed E-state index contributed by atoms with van der Waals surface area (Å²) in [4.78, 5) is 34.6. The summed E-state index contributed by atoms with van der Waals surface area (Å²) in [7, 11) is -1.76. The van der Waals surface area contributed by atoms with E-state index in [0.29, 0.717) is 0 Å². The van der Waals surface area contributed by atoms with Gasteiger partial charge in [0.2, 0.25) is 0 Å². The summed E-state index contributed by atoms with van der Waals surface area (Å²) in [5.41, 5.74) is -1.79. The van der Waals surface area contributed by atoms with E-state index in [1.165, 1.54) is 0 Å². The Morgan fingerprint density at radius 3 is 2.25 bits per heavy atom. The number of rotatable bonds is 8. The summed E-state index contributed by atoms with van der Waals surface area (Å²) in [6.07, 6.45) is 0.792. The van der Waals surface area contributed by atoms with Gasteiger partial charge < -0.3 is 19.5 Å². The van der Waals surface area contributed by atoms with Crippen molar-refractivity contribution in [2.45, 2.75) is 11.5 Å². The van der Waals surface area contributed by atoms with E-state index >= 15 is 0 Å². The number of halogens is 2. The molecule has 2 aromatic carbocycles. The highest BCUT2D eigenvalue weighted by Crippen LogP contribution is 2.35. The number of carbonyl (C=O) groups is 2. The lowest BCUT2D eigenvalue weighted by Gasteiger charge is -2.15. The predicted octanol–water partition coefficient (Wildman–Crippen LogP) is 2.65. The first-order valence-corrected chi connectivity index (χ1v) is 10.3. The molecule has 14 heteroatoms. The van der Waals surface area contributed by atoms with Crippen molar-refractivity contribution in [1.29, 1.82) is 0 Å². The first-order valence-electron chi connectivity index (χ1n) is 8.43. The van der Waals surface area contributed by atoms with Crippen molar-refractivity contribution in [2.75, 3.05) is 25.8 Å². The fourth-order valence-corrected chi connectivity index (χ4v) is 3.19. The number of nitrogens with zero attached hydrogens (tertiary/aromatic N) is 1.